The molecule has 1 aromatic carbocycles. The van der Waals surface area contributed by atoms with E-state index < -0.39 is 64.0 Å². The number of nitrogens with zero attached hydrogens (tertiary/aromatic N) is 3. The lowest BCUT2D eigenvalue weighted by Gasteiger charge is -2.50. The van der Waals surface area contributed by atoms with E-state index in [0.717, 1.165) is 5.69 Å². The number of ketones is 2. The first-order valence-corrected chi connectivity index (χ1v) is 13.0. The molecule has 13 nitrogen and oxygen atoms in total. The number of aliphatic hydroxyl groups excluding tert-OH is 2. The van der Waals surface area contributed by atoms with Crippen molar-refractivity contribution >= 4 is 34.8 Å². The zero-order valence-electron chi connectivity index (χ0n) is 23.5. The number of amides is 2. The summed E-state index contributed by atoms with van der Waals surface area (Å²) < 4.78 is 0. The number of nitrogens with two attached hydrogens (primary N) is 2. The molecule has 3 aliphatic carbocycles. The summed E-state index contributed by atoms with van der Waals surface area (Å²) in [4.78, 5) is 56.1. The number of primary amides is 2. The van der Waals surface area contributed by atoms with Crippen molar-refractivity contribution in [1.29, 1.82) is 0 Å². The molecule has 0 spiro atoms. The SMILES string of the molecule is CN(C)c1ccc(O)c2c1C[C@H]1C[C@H]3[C@H](N(C)C)C(=O)C(C(N)=O)=C(O)[C@@]3(O)C(=O)C1=C2O.NC(=O)c1cccnc1. The van der Waals surface area contributed by atoms with Gasteiger partial charge in [0.25, 0.3) is 5.91 Å². The number of rotatable bonds is 4. The van der Waals surface area contributed by atoms with Crippen LogP contribution in [0.1, 0.15) is 27.9 Å². The summed E-state index contributed by atoms with van der Waals surface area (Å²) in [7, 11) is 6.75. The number of likely N-dealkylation sites (N-methyl/N-ethyl adjacent to an activating group) is 1. The molecule has 0 radical (unpaired) electrons. The first-order valence-electron chi connectivity index (χ1n) is 13.0. The number of phenols is 1. The average molecular weight is 580 g/mol. The predicted octanol–water partition coefficient (Wildman–Crippen LogP) is 0.211. The molecular weight excluding hydrogens is 546 g/mol. The highest BCUT2D eigenvalue weighted by Gasteiger charge is 2.64. The summed E-state index contributed by atoms with van der Waals surface area (Å²) in [5.41, 5.74) is 8.53. The molecule has 13 heteroatoms. The van der Waals surface area contributed by atoms with Crippen LogP contribution in [0.4, 0.5) is 5.69 Å². The Hall–Kier alpha value is -4.75. The highest BCUT2D eigenvalue weighted by atomic mass is 16.3. The molecule has 3 aliphatic rings. The number of aromatic nitrogens is 1. The lowest BCUT2D eigenvalue weighted by molar-refractivity contribution is -0.153. The Balaban J connectivity index is 0.000000385. The van der Waals surface area contributed by atoms with E-state index in [0.29, 0.717) is 11.1 Å². The lowest BCUT2D eigenvalue weighted by Crippen LogP contribution is -2.65. The van der Waals surface area contributed by atoms with Crippen molar-refractivity contribution in [2.24, 2.45) is 23.3 Å². The van der Waals surface area contributed by atoms with Crippen LogP contribution in [0.15, 0.2) is 53.6 Å². The van der Waals surface area contributed by atoms with Crippen LogP contribution in [-0.4, -0.2) is 93.5 Å². The first kappa shape index (κ1) is 30.2. The minimum absolute atomic E-state index is 0.0638. The molecule has 1 heterocycles. The Morgan fingerprint density at radius 3 is 2.19 bits per heavy atom. The number of benzene rings is 1. The van der Waals surface area contributed by atoms with Gasteiger partial charge in [-0.3, -0.25) is 29.1 Å². The van der Waals surface area contributed by atoms with Crippen LogP contribution in [0.5, 0.6) is 5.75 Å². The van der Waals surface area contributed by atoms with Gasteiger partial charge in [-0.1, -0.05) is 0 Å². The minimum Gasteiger partial charge on any atom is -0.508 e. The van der Waals surface area contributed by atoms with Gasteiger partial charge < -0.3 is 36.8 Å². The zero-order chi connectivity index (χ0) is 31.3. The lowest BCUT2D eigenvalue weighted by atomic mass is 9.57. The van der Waals surface area contributed by atoms with Crippen LogP contribution in [0.3, 0.4) is 0 Å². The third-order valence-electron chi connectivity index (χ3n) is 8.01. The predicted molar refractivity (Wildman–Crippen MR) is 151 cm³/mol. The summed E-state index contributed by atoms with van der Waals surface area (Å²) in [5.74, 6) is -6.98. The zero-order valence-corrected chi connectivity index (χ0v) is 23.5. The molecule has 0 unspecified atom stereocenters. The summed E-state index contributed by atoms with van der Waals surface area (Å²) in [5, 5.41) is 43.9. The van der Waals surface area contributed by atoms with Gasteiger partial charge >= 0.3 is 0 Å². The van der Waals surface area contributed by atoms with Gasteiger partial charge in [-0.15, -0.1) is 0 Å². The van der Waals surface area contributed by atoms with Crippen LogP contribution < -0.4 is 16.4 Å². The van der Waals surface area contributed by atoms with E-state index in [-0.39, 0.29) is 29.7 Å². The van der Waals surface area contributed by atoms with Crippen molar-refractivity contribution < 1.29 is 39.6 Å². The fourth-order valence-corrected chi connectivity index (χ4v) is 6.16. The number of aromatic hydroxyl groups is 1. The Bertz CT molecular complexity index is 1550. The highest BCUT2D eigenvalue weighted by Crippen LogP contribution is 2.53. The minimum atomic E-state index is -2.63. The van der Waals surface area contributed by atoms with E-state index in [2.05, 4.69) is 4.98 Å². The van der Waals surface area contributed by atoms with Gasteiger partial charge in [-0.25, -0.2) is 0 Å². The Labute approximate surface area is 241 Å². The van der Waals surface area contributed by atoms with Crippen molar-refractivity contribution in [2.45, 2.75) is 24.5 Å². The van der Waals surface area contributed by atoms with Gasteiger partial charge in [0, 0.05) is 43.7 Å². The molecule has 0 saturated heterocycles. The van der Waals surface area contributed by atoms with Crippen molar-refractivity contribution in [3.8, 4) is 5.75 Å². The maximum atomic E-state index is 13.7. The number of hydrogen-bond acceptors (Lipinski definition) is 11. The molecule has 1 fully saturated rings. The quantitative estimate of drug-likeness (QED) is 0.269. The van der Waals surface area contributed by atoms with E-state index >= 15 is 0 Å². The molecule has 5 rings (SSSR count). The van der Waals surface area contributed by atoms with Gasteiger partial charge in [0.2, 0.25) is 11.7 Å². The van der Waals surface area contributed by atoms with Crippen molar-refractivity contribution in [1.82, 2.24) is 9.88 Å². The molecule has 42 heavy (non-hydrogen) atoms. The van der Waals surface area contributed by atoms with Crippen LogP contribution in [0.25, 0.3) is 5.76 Å². The third kappa shape index (κ3) is 4.65. The van der Waals surface area contributed by atoms with Crippen LogP contribution in [-0.2, 0) is 20.8 Å². The second-order valence-corrected chi connectivity index (χ2v) is 10.9. The smallest absolute Gasteiger partial charge is 0.255 e. The molecule has 1 saturated carbocycles. The van der Waals surface area contributed by atoms with E-state index in [1.807, 2.05) is 19.0 Å². The number of hydrogen-bond donors (Lipinski definition) is 6. The van der Waals surface area contributed by atoms with Gasteiger partial charge in [-0.2, -0.15) is 0 Å². The van der Waals surface area contributed by atoms with Gasteiger partial charge in [0.1, 0.15) is 22.8 Å². The van der Waals surface area contributed by atoms with E-state index in [1.54, 1.807) is 38.5 Å². The molecule has 0 aliphatic heterocycles. The Morgan fingerprint density at radius 2 is 1.69 bits per heavy atom. The van der Waals surface area contributed by atoms with Crippen molar-refractivity contribution in [3.63, 3.8) is 0 Å². The molecule has 8 N–H and O–H groups in total. The maximum Gasteiger partial charge on any atom is 0.255 e. The normalized spacial score (nSPS) is 24.8. The molecular formula is C29H33N5O8. The van der Waals surface area contributed by atoms with E-state index in [9.17, 15) is 39.6 Å². The highest BCUT2D eigenvalue weighted by molar-refractivity contribution is 6.24. The van der Waals surface area contributed by atoms with Crippen molar-refractivity contribution in [3.05, 3.63) is 70.3 Å². The molecule has 0 bridgehead atoms. The van der Waals surface area contributed by atoms with Crippen LogP contribution in [0, 0.1) is 11.8 Å². The number of carbonyl (C=O) groups is 4. The monoisotopic (exact) mass is 579 g/mol. The number of Topliss-reactive ketones (excluding diaryl/α,β-unsaturated/α-hetero) is 2. The summed E-state index contributed by atoms with van der Waals surface area (Å²) in [6, 6.07) is 5.29. The Morgan fingerprint density at radius 1 is 1.02 bits per heavy atom. The number of aliphatic hydroxyl groups is 3. The number of anilines is 1. The van der Waals surface area contributed by atoms with E-state index in [4.69, 9.17) is 11.5 Å². The first-order chi connectivity index (χ1) is 19.6. The topological polar surface area (TPSA) is 221 Å². The largest absolute Gasteiger partial charge is 0.508 e. The number of carbonyl (C=O) groups excluding carboxylic acids is 4. The molecule has 2 amide bonds. The standard InChI is InChI=1S/C23H27N3O7.C6H6N2O/c1-25(2)12-5-6-13(27)15-10(12)7-9-8-11-17(26(3)4)19(29)16(22(24)32)21(31)23(11,33)20(30)14(9)18(15)28;7-6(9)5-2-1-3-8-4-5/h5-6,9,11,17,27-28,31,33H,7-8H2,1-4H3,(H2,24,32);1-4H,(H2,7,9)/t9-,11-,17-,23-;/m0./s1. The van der Waals surface area contributed by atoms with Gasteiger partial charge in [0.15, 0.2) is 11.4 Å². The number of pyridine rings is 1. The molecule has 2 aromatic rings. The summed E-state index contributed by atoms with van der Waals surface area (Å²) >= 11 is 0. The van der Waals surface area contributed by atoms with Crippen molar-refractivity contribution in [2.75, 3.05) is 33.1 Å². The average Bonchev–Trinajstić information content (AvgIpc) is 2.91. The molecule has 4 atom stereocenters. The fraction of sp³-hybridized carbons (Fsp3) is 0.345. The molecule has 1 aromatic heterocycles. The number of phenolic OH excluding ortho intramolecular Hbond substituents is 1. The maximum absolute atomic E-state index is 13.7. The third-order valence-corrected chi connectivity index (χ3v) is 8.01. The van der Waals surface area contributed by atoms with Crippen LogP contribution >= 0.6 is 0 Å². The molecule has 222 valence electrons. The summed E-state index contributed by atoms with van der Waals surface area (Å²) in [6.45, 7) is 0. The van der Waals surface area contributed by atoms with Gasteiger partial charge in [0.05, 0.1) is 17.2 Å². The number of fused-ring (bicyclic) bond motifs is 3. The second kappa shape index (κ2) is 10.9. The van der Waals surface area contributed by atoms with Crippen LogP contribution in [0.2, 0.25) is 0 Å². The second-order valence-electron chi connectivity index (χ2n) is 10.9. The summed E-state index contributed by atoms with van der Waals surface area (Å²) in [6.07, 6.45) is 3.35. The Kier molecular flexibility index (Phi) is 7.85. The van der Waals surface area contributed by atoms with Gasteiger partial charge in [-0.05, 0) is 62.7 Å². The fourth-order valence-electron chi connectivity index (χ4n) is 6.16. The van der Waals surface area contributed by atoms with E-state index in [1.165, 1.54) is 17.2 Å².